The van der Waals surface area contributed by atoms with Gasteiger partial charge in [-0.25, -0.2) is 8.42 Å². The summed E-state index contributed by atoms with van der Waals surface area (Å²) in [4.78, 5) is -0.0733. The number of hydrogen-bond donors (Lipinski definition) is 0. The smallest absolute Gasteiger partial charge is 0.387 e. The van der Waals surface area contributed by atoms with Crippen molar-refractivity contribution < 1.29 is 21.9 Å². The second kappa shape index (κ2) is 4.55. The van der Waals surface area contributed by atoms with Crippen LogP contribution in [0.25, 0.3) is 0 Å². The molecule has 7 heteroatoms. The fourth-order valence-corrected chi connectivity index (χ4v) is 3.08. The Morgan fingerprint density at radius 3 is 2.00 bits per heavy atom. The molecule has 0 aliphatic heterocycles. The Balaban J connectivity index is 3.29. The van der Waals surface area contributed by atoms with Gasteiger partial charge in [0.25, 0.3) is 9.05 Å². The van der Waals surface area contributed by atoms with E-state index in [0.717, 1.165) is 0 Å². The number of hydrogen-bond acceptors (Lipinski definition) is 3. The molecule has 0 aliphatic carbocycles. The SMILES string of the molecule is Cc1cc(OC(F)F)cc(C)c1S(=O)(=O)Cl. The van der Waals surface area contributed by atoms with Crippen LogP contribution < -0.4 is 4.74 Å². The highest BCUT2D eigenvalue weighted by atomic mass is 35.7. The van der Waals surface area contributed by atoms with Gasteiger partial charge in [0.2, 0.25) is 0 Å². The van der Waals surface area contributed by atoms with Gasteiger partial charge in [-0.15, -0.1) is 0 Å². The maximum atomic E-state index is 12.0. The van der Waals surface area contributed by atoms with E-state index in [1.54, 1.807) is 0 Å². The fourth-order valence-electron chi connectivity index (χ4n) is 1.47. The van der Waals surface area contributed by atoms with E-state index in [2.05, 4.69) is 4.74 Å². The Bertz CT molecular complexity index is 476. The first-order valence-electron chi connectivity index (χ1n) is 4.22. The van der Waals surface area contributed by atoms with Gasteiger partial charge in [-0.2, -0.15) is 8.78 Å². The zero-order chi connectivity index (χ0) is 12.5. The summed E-state index contributed by atoms with van der Waals surface area (Å²) in [5, 5.41) is 0. The van der Waals surface area contributed by atoms with Crippen molar-refractivity contribution in [3.8, 4) is 5.75 Å². The van der Waals surface area contributed by atoms with Gasteiger partial charge in [-0.3, -0.25) is 0 Å². The predicted molar refractivity (Wildman–Crippen MR) is 55.6 cm³/mol. The summed E-state index contributed by atoms with van der Waals surface area (Å²) in [6.07, 6.45) is 0. The first-order valence-corrected chi connectivity index (χ1v) is 6.53. The first-order chi connectivity index (χ1) is 7.21. The molecule has 0 fully saturated rings. The van der Waals surface area contributed by atoms with Crippen molar-refractivity contribution in [1.82, 2.24) is 0 Å². The molecule has 0 saturated heterocycles. The predicted octanol–water partition coefficient (Wildman–Crippen LogP) is 2.83. The standard InChI is InChI=1S/C9H9ClF2O3S/c1-5-3-7(15-9(11)12)4-6(2)8(5)16(10,13)14/h3-4,9H,1-2H3. The largest absolute Gasteiger partial charge is 0.435 e. The second-order valence-electron chi connectivity index (χ2n) is 3.20. The lowest BCUT2D eigenvalue weighted by Gasteiger charge is -2.10. The lowest BCUT2D eigenvalue weighted by molar-refractivity contribution is -0.0499. The molecule has 0 saturated carbocycles. The molecule has 0 radical (unpaired) electrons. The third-order valence-corrected chi connectivity index (χ3v) is 3.50. The minimum Gasteiger partial charge on any atom is -0.435 e. The van der Waals surface area contributed by atoms with E-state index >= 15 is 0 Å². The van der Waals surface area contributed by atoms with E-state index < -0.39 is 15.7 Å². The molecule has 3 nitrogen and oxygen atoms in total. The van der Waals surface area contributed by atoms with Crippen LogP contribution in [0.15, 0.2) is 17.0 Å². The van der Waals surface area contributed by atoms with Gasteiger partial charge in [0.05, 0.1) is 4.90 Å². The first kappa shape index (κ1) is 13.2. The lowest BCUT2D eigenvalue weighted by Crippen LogP contribution is -2.04. The van der Waals surface area contributed by atoms with Gasteiger partial charge >= 0.3 is 6.61 Å². The van der Waals surface area contributed by atoms with Crippen LogP contribution in [0.5, 0.6) is 5.75 Å². The topological polar surface area (TPSA) is 43.4 Å². The van der Waals surface area contributed by atoms with E-state index in [1.165, 1.54) is 26.0 Å². The van der Waals surface area contributed by atoms with Crippen molar-refractivity contribution >= 4 is 19.7 Å². The molecule has 16 heavy (non-hydrogen) atoms. The Hall–Kier alpha value is -0.880. The number of alkyl halides is 2. The minimum absolute atomic E-state index is 0.0733. The fraction of sp³-hybridized carbons (Fsp3) is 0.333. The van der Waals surface area contributed by atoms with E-state index in [0.29, 0.717) is 0 Å². The number of aryl methyl sites for hydroxylation is 2. The number of benzene rings is 1. The molecule has 0 aromatic heterocycles. The van der Waals surface area contributed by atoms with E-state index in [-0.39, 0.29) is 21.8 Å². The summed E-state index contributed by atoms with van der Waals surface area (Å²) in [5.74, 6) is -0.0888. The van der Waals surface area contributed by atoms with Crippen molar-refractivity contribution in [2.24, 2.45) is 0 Å². The van der Waals surface area contributed by atoms with Crippen LogP contribution in [-0.4, -0.2) is 15.0 Å². The zero-order valence-electron chi connectivity index (χ0n) is 8.50. The number of ether oxygens (including phenoxy) is 1. The van der Waals surface area contributed by atoms with Gasteiger partial charge in [0.1, 0.15) is 5.75 Å². The highest BCUT2D eigenvalue weighted by Gasteiger charge is 2.18. The zero-order valence-corrected chi connectivity index (χ0v) is 10.1. The van der Waals surface area contributed by atoms with Gasteiger partial charge in [-0.1, -0.05) is 0 Å². The summed E-state index contributed by atoms with van der Waals surface area (Å²) in [6.45, 7) is -0.0291. The van der Waals surface area contributed by atoms with Crippen molar-refractivity contribution in [1.29, 1.82) is 0 Å². The van der Waals surface area contributed by atoms with Crippen molar-refractivity contribution in [2.45, 2.75) is 25.4 Å². The summed E-state index contributed by atoms with van der Waals surface area (Å²) in [5.41, 5.74) is 0.538. The molecule has 1 aromatic carbocycles. The Labute approximate surface area is 96.4 Å². The van der Waals surface area contributed by atoms with Gasteiger partial charge in [0, 0.05) is 10.7 Å². The van der Waals surface area contributed by atoms with E-state index in [9.17, 15) is 17.2 Å². The lowest BCUT2D eigenvalue weighted by atomic mass is 10.1. The number of halogens is 3. The van der Waals surface area contributed by atoms with Crippen LogP contribution >= 0.6 is 10.7 Å². The monoisotopic (exact) mass is 270 g/mol. The summed E-state index contributed by atoms with van der Waals surface area (Å²) >= 11 is 0. The van der Waals surface area contributed by atoms with Crippen LogP contribution in [-0.2, 0) is 9.05 Å². The van der Waals surface area contributed by atoms with Crippen LogP contribution in [0.1, 0.15) is 11.1 Å². The molecule has 1 aromatic rings. The van der Waals surface area contributed by atoms with Crippen LogP contribution in [0.2, 0.25) is 0 Å². The normalized spacial score (nSPS) is 11.9. The van der Waals surface area contributed by atoms with E-state index in [1.807, 2.05) is 0 Å². The minimum atomic E-state index is -3.88. The number of rotatable bonds is 3. The highest BCUT2D eigenvalue weighted by Crippen LogP contribution is 2.28. The van der Waals surface area contributed by atoms with E-state index in [4.69, 9.17) is 10.7 Å². The van der Waals surface area contributed by atoms with Gasteiger partial charge in [0.15, 0.2) is 0 Å². The molecule has 0 unspecified atom stereocenters. The second-order valence-corrected chi connectivity index (χ2v) is 5.71. The Morgan fingerprint density at radius 1 is 1.25 bits per heavy atom. The molecular weight excluding hydrogens is 262 g/mol. The molecule has 1 rings (SSSR count). The molecule has 0 spiro atoms. The molecular formula is C9H9ClF2O3S. The molecule has 90 valence electrons. The maximum absolute atomic E-state index is 12.0. The average Bonchev–Trinajstić information content (AvgIpc) is 1.96. The summed E-state index contributed by atoms with van der Waals surface area (Å²) in [7, 11) is 1.33. The summed E-state index contributed by atoms with van der Waals surface area (Å²) < 4.78 is 50.4. The average molecular weight is 271 g/mol. The van der Waals surface area contributed by atoms with Crippen LogP contribution in [0.4, 0.5) is 8.78 Å². The van der Waals surface area contributed by atoms with Crippen molar-refractivity contribution in [3.05, 3.63) is 23.3 Å². The third-order valence-electron chi connectivity index (χ3n) is 1.90. The van der Waals surface area contributed by atoms with Crippen molar-refractivity contribution in [2.75, 3.05) is 0 Å². The van der Waals surface area contributed by atoms with Gasteiger partial charge < -0.3 is 4.74 Å². The Morgan fingerprint density at radius 2 is 1.69 bits per heavy atom. The molecule has 0 aliphatic rings. The molecule has 0 atom stereocenters. The van der Waals surface area contributed by atoms with Crippen molar-refractivity contribution in [3.63, 3.8) is 0 Å². The maximum Gasteiger partial charge on any atom is 0.387 e. The highest BCUT2D eigenvalue weighted by molar-refractivity contribution is 8.13. The third kappa shape index (κ3) is 3.05. The summed E-state index contributed by atoms with van der Waals surface area (Å²) in [6, 6.07) is 2.41. The Kier molecular flexibility index (Phi) is 3.75. The van der Waals surface area contributed by atoms with Crippen LogP contribution in [0.3, 0.4) is 0 Å². The quantitative estimate of drug-likeness (QED) is 0.793. The van der Waals surface area contributed by atoms with Crippen LogP contribution in [0, 0.1) is 13.8 Å². The van der Waals surface area contributed by atoms with Gasteiger partial charge in [-0.05, 0) is 37.1 Å². The molecule has 0 bridgehead atoms. The molecule has 0 heterocycles. The molecule has 0 amide bonds. The molecule has 0 N–H and O–H groups in total.